The Bertz CT molecular complexity index is 1070. The lowest BCUT2D eigenvalue weighted by Gasteiger charge is -2.28. The number of hydrogen-bond donors (Lipinski definition) is 4. The zero-order chi connectivity index (χ0) is 24.3. The van der Waals surface area contributed by atoms with Crippen molar-refractivity contribution in [2.45, 2.75) is 50.6 Å². The summed E-state index contributed by atoms with van der Waals surface area (Å²) >= 11 is 0. The van der Waals surface area contributed by atoms with Gasteiger partial charge in [0.1, 0.15) is 11.5 Å². The van der Waals surface area contributed by atoms with Crippen LogP contribution in [0.2, 0.25) is 0 Å². The molecular formula is C26H28F2O5. The molecule has 176 valence electrons. The van der Waals surface area contributed by atoms with Crippen molar-refractivity contribution >= 4 is 0 Å². The van der Waals surface area contributed by atoms with Crippen molar-refractivity contribution in [2.24, 2.45) is 0 Å². The molecule has 0 heterocycles. The van der Waals surface area contributed by atoms with Crippen molar-refractivity contribution in [3.63, 3.8) is 0 Å². The summed E-state index contributed by atoms with van der Waals surface area (Å²) in [5, 5.41) is 37.1. The van der Waals surface area contributed by atoms with Crippen molar-refractivity contribution in [3.8, 4) is 11.5 Å². The van der Waals surface area contributed by atoms with Crippen LogP contribution in [0.3, 0.4) is 0 Å². The fourth-order valence-electron chi connectivity index (χ4n) is 3.77. The number of hydrogen-bond acceptors (Lipinski definition) is 5. The molecule has 0 saturated carbocycles. The summed E-state index contributed by atoms with van der Waals surface area (Å²) in [6.07, 6.45) is 2.14. The Kier molecular flexibility index (Phi) is 7.19. The third-order valence-electron chi connectivity index (χ3n) is 5.63. The van der Waals surface area contributed by atoms with Crippen LogP contribution >= 0.6 is 0 Å². The van der Waals surface area contributed by atoms with Gasteiger partial charge in [-0.2, -0.15) is 8.78 Å². The molecule has 0 aliphatic carbocycles. The van der Waals surface area contributed by atoms with Gasteiger partial charge in [-0.3, -0.25) is 0 Å². The van der Waals surface area contributed by atoms with E-state index in [2.05, 4.69) is 0 Å². The Morgan fingerprint density at radius 2 is 1.36 bits per heavy atom. The number of aliphatic hydroxyl groups is 4. The first-order valence-electron chi connectivity index (χ1n) is 10.6. The van der Waals surface area contributed by atoms with Gasteiger partial charge >= 0.3 is 12.1 Å². The molecule has 0 atom stereocenters. The molecule has 0 radical (unpaired) electrons. The molecule has 0 aliphatic heterocycles. The van der Waals surface area contributed by atoms with Gasteiger partial charge < -0.3 is 25.2 Å². The lowest BCUT2D eigenvalue weighted by atomic mass is 9.78. The molecular weight excluding hydrogens is 430 g/mol. The molecule has 0 saturated heterocycles. The van der Waals surface area contributed by atoms with Crippen molar-refractivity contribution in [1.82, 2.24) is 0 Å². The maximum Gasteiger partial charge on any atom is 0.344 e. The van der Waals surface area contributed by atoms with Crippen LogP contribution in [-0.2, 0) is 23.9 Å². The normalized spacial score (nSPS) is 12.6. The van der Waals surface area contributed by atoms with Crippen LogP contribution in [0, 0.1) is 0 Å². The minimum atomic E-state index is -3.93. The number of aryl methyl sites for hydroxylation is 1. The van der Waals surface area contributed by atoms with E-state index in [4.69, 9.17) is 4.74 Å². The molecule has 0 fully saturated rings. The molecule has 5 nitrogen and oxygen atoms in total. The average molecular weight is 459 g/mol. The molecule has 4 N–H and O–H groups in total. The molecule has 3 aromatic rings. The number of ether oxygens (including phenoxy) is 1. The van der Waals surface area contributed by atoms with Crippen LogP contribution in [0.4, 0.5) is 8.78 Å². The van der Waals surface area contributed by atoms with Gasteiger partial charge in [-0.15, -0.1) is 0 Å². The van der Waals surface area contributed by atoms with E-state index in [9.17, 15) is 29.2 Å². The predicted molar refractivity (Wildman–Crippen MR) is 120 cm³/mol. The van der Waals surface area contributed by atoms with Crippen molar-refractivity contribution < 1.29 is 33.9 Å². The monoisotopic (exact) mass is 458 g/mol. The summed E-state index contributed by atoms with van der Waals surface area (Å²) in [5.74, 6) is 1.47. The molecule has 0 spiro atoms. The second kappa shape index (κ2) is 9.57. The molecule has 33 heavy (non-hydrogen) atoms. The quantitative estimate of drug-likeness (QED) is 0.342. The Morgan fingerprint density at radius 1 is 0.727 bits per heavy atom. The highest BCUT2D eigenvalue weighted by Gasteiger charge is 2.38. The largest absolute Gasteiger partial charge is 0.457 e. The average Bonchev–Trinajstić information content (AvgIpc) is 2.73. The van der Waals surface area contributed by atoms with Crippen LogP contribution < -0.4 is 4.74 Å². The molecule has 0 amide bonds. The summed E-state index contributed by atoms with van der Waals surface area (Å²) < 4.78 is 33.3. The molecule has 0 aliphatic rings. The maximum atomic E-state index is 13.9. The highest BCUT2D eigenvalue weighted by Crippen LogP contribution is 2.37. The molecule has 7 heteroatoms. The number of benzene rings is 3. The fraction of sp³-hybridized carbons (Fsp3) is 0.308. The van der Waals surface area contributed by atoms with E-state index in [1.807, 2.05) is 68.4 Å². The highest BCUT2D eigenvalue weighted by molar-refractivity contribution is 5.39. The second-order valence-corrected chi connectivity index (χ2v) is 8.73. The van der Waals surface area contributed by atoms with Gasteiger partial charge in [0.15, 0.2) is 0 Å². The van der Waals surface area contributed by atoms with Gasteiger partial charge in [-0.25, -0.2) is 0 Å². The Hall–Kier alpha value is -2.84. The van der Waals surface area contributed by atoms with E-state index in [0.29, 0.717) is 12.0 Å². The number of para-hydroxylation sites is 1. The van der Waals surface area contributed by atoms with Crippen LogP contribution in [0.1, 0.15) is 48.9 Å². The summed E-state index contributed by atoms with van der Waals surface area (Å²) in [6, 6.07) is 12.8. The zero-order valence-corrected chi connectivity index (χ0v) is 18.5. The third kappa shape index (κ3) is 6.58. The first-order valence-corrected chi connectivity index (χ1v) is 10.6. The number of halogens is 2. The van der Waals surface area contributed by atoms with Gasteiger partial charge in [0.2, 0.25) is 0 Å². The number of rotatable bonds is 9. The summed E-state index contributed by atoms with van der Waals surface area (Å²) in [5.41, 5.74) is -0.889. The minimum Gasteiger partial charge on any atom is -0.457 e. The molecule has 0 aromatic heterocycles. The van der Waals surface area contributed by atoms with E-state index in [-0.39, 0.29) is 0 Å². The van der Waals surface area contributed by atoms with Gasteiger partial charge in [-0.1, -0.05) is 50.2 Å². The highest BCUT2D eigenvalue weighted by atomic mass is 19.2. The van der Waals surface area contributed by atoms with Crippen LogP contribution in [-0.4, -0.2) is 20.4 Å². The zero-order valence-electron chi connectivity index (χ0n) is 18.5. The second-order valence-electron chi connectivity index (χ2n) is 8.73. The van der Waals surface area contributed by atoms with E-state index in [1.54, 1.807) is 0 Å². The lowest BCUT2D eigenvalue weighted by molar-refractivity contribution is -0.290. The molecule has 0 bridgehead atoms. The van der Waals surface area contributed by atoms with Crippen molar-refractivity contribution in [2.75, 3.05) is 0 Å². The Balaban J connectivity index is 1.70. The topological polar surface area (TPSA) is 90.2 Å². The fourth-order valence-corrected chi connectivity index (χ4v) is 3.77. The summed E-state index contributed by atoms with van der Waals surface area (Å²) in [6.45, 7) is 3.77. The van der Waals surface area contributed by atoms with E-state index < -0.39 is 28.6 Å². The minimum absolute atomic E-state index is 0.497. The summed E-state index contributed by atoms with van der Waals surface area (Å²) in [7, 11) is 0. The first kappa shape index (κ1) is 24.8. The summed E-state index contributed by atoms with van der Waals surface area (Å²) in [4.78, 5) is 0. The van der Waals surface area contributed by atoms with Crippen molar-refractivity contribution in [3.05, 3.63) is 95.1 Å². The van der Waals surface area contributed by atoms with Crippen molar-refractivity contribution in [1.29, 1.82) is 0 Å². The van der Waals surface area contributed by atoms with Crippen LogP contribution in [0.15, 0.2) is 72.8 Å². The smallest absolute Gasteiger partial charge is 0.344 e. The Labute approximate surface area is 191 Å². The molecule has 3 aromatic carbocycles. The van der Waals surface area contributed by atoms with Crippen LogP contribution in [0.5, 0.6) is 11.5 Å². The molecule has 0 unspecified atom stereocenters. The van der Waals surface area contributed by atoms with E-state index >= 15 is 0 Å². The van der Waals surface area contributed by atoms with Gasteiger partial charge in [0.05, 0.1) is 11.1 Å². The third-order valence-corrected chi connectivity index (χ3v) is 5.63. The number of alkyl halides is 2. The maximum absolute atomic E-state index is 13.9. The lowest BCUT2D eigenvalue weighted by Crippen LogP contribution is -2.29. The van der Waals surface area contributed by atoms with E-state index in [1.165, 1.54) is 6.07 Å². The SMILES string of the molecule is CC(C)(CCCc1cccc(Oc2ccccc2)c1)c1ccc(C(O)(O)F)c(C(O)(O)F)c1. The molecule has 3 rings (SSSR count). The Morgan fingerprint density at radius 3 is 2.00 bits per heavy atom. The van der Waals surface area contributed by atoms with E-state index in [0.717, 1.165) is 42.0 Å². The van der Waals surface area contributed by atoms with Gasteiger partial charge in [0.25, 0.3) is 0 Å². The van der Waals surface area contributed by atoms with Crippen LogP contribution in [0.25, 0.3) is 0 Å². The van der Waals surface area contributed by atoms with Gasteiger partial charge in [0, 0.05) is 0 Å². The first-order chi connectivity index (χ1) is 15.4. The predicted octanol–water partition coefficient (Wildman–Crippen LogP) is 4.91. The standard InChI is InChI=1S/C26H28F2O5/c1-24(2,19-13-14-22(25(27,29)30)23(17-19)26(28,31)32)15-7-9-18-8-6-12-21(16-18)33-20-10-4-3-5-11-20/h3-6,8,10-14,16-17,29-32H,7,9,15H2,1-2H3. The van der Waals surface area contributed by atoms with Gasteiger partial charge in [-0.05, 0) is 72.2 Å².